The summed E-state index contributed by atoms with van der Waals surface area (Å²) in [7, 11) is 0. The third kappa shape index (κ3) is 3.23. The Balaban J connectivity index is 2.63. The van der Waals surface area contributed by atoms with E-state index in [-0.39, 0.29) is 6.61 Å². The summed E-state index contributed by atoms with van der Waals surface area (Å²) in [5.41, 5.74) is 1.78. The van der Waals surface area contributed by atoms with Gasteiger partial charge in [-0.2, -0.15) is 5.10 Å². The summed E-state index contributed by atoms with van der Waals surface area (Å²) in [6, 6.07) is 0. The second-order valence-electron chi connectivity index (χ2n) is 3.21. The number of nitrogens with zero attached hydrogens (tertiary/aromatic N) is 3. The maximum Gasteiger partial charge on any atom is 0.209 e. The number of rotatable bonds is 4. The van der Waals surface area contributed by atoms with E-state index in [1.807, 2.05) is 20.8 Å². The standard InChI is InChI=1S/C9H15N3OS/c1-6(4-5-13)14-9-10-7(2)8(3)11-12-9/h6,13H,4-5H2,1-3H3. The molecule has 1 rings (SSSR count). The molecule has 1 N–H and O–H groups in total. The Morgan fingerprint density at radius 1 is 1.29 bits per heavy atom. The van der Waals surface area contributed by atoms with Crippen molar-refractivity contribution in [2.45, 2.75) is 37.6 Å². The van der Waals surface area contributed by atoms with Crippen molar-refractivity contribution in [1.82, 2.24) is 15.2 Å². The predicted molar refractivity (Wildman–Crippen MR) is 56.3 cm³/mol. The first-order valence-corrected chi connectivity index (χ1v) is 5.47. The van der Waals surface area contributed by atoms with E-state index in [1.165, 1.54) is 0 Å². The van der Waals surface area contributed by atoms with Crippen molar-refractivity contribution in [3.8, 4) is 0 Å². The highest BCUT2D eigenvalue weighted by Gasteiger charge is 2.07. The average molecular weight is 213 g/mol. The van der Waals surface area contributed by atoms with Gasteiger partial charge >= 0.3 is 0 Å². The molecule has 1 unspecified atom stereocenters. The predicted octanol–water partition coefficient (Wildman–Crippen LogP) is 1.35. The molecule has 5 heteroatoms. The third-order valence-corrected chi connectivity index (χ3v) is 2.94. The summed E-state index contributed by atoms with van der Waals surface area (Å²) in [5.74, 6) is 0. The minimum absolute atomic E-state index is 0.201. The first-order valence-electron chi connectivity index (χ1n) is 4.59. The van der Waals surface area contributed by atoms with E-state index in [9.17, 15) is 0 Å². The summed E-state index contributed by atoms with van der Waals surface area (Å²) >= 11 is 1.55. The van der Waals surface area contributed by atoms with Crippen molar-refractivity contribution < 1.29 is 5.11 Å². The SMILES string of the molecule is Cc1nnc(SC(C)CCO)nc1C. The molecule has 1 aromatic rings. The lowest BCUT2D eigenvalue weighted by atomic mass is 10.3. The van der Waals surface area contributed by atoms with Crippen LogP contribution in [0.3, 0.4) is 0 Å². The molecule has 0 saturated heterocycles. The highest BCUT2D eigenvalue weighted by atomic mass is 32.2. The molecule has 0 aliphatic carbocycles. The Hall–Kier alpha value is -0.680. The topological polar surface area (TPSA) is 58.9 Å². The van der Waals surface area contributed by atoms with Gasteiger partial charge in [0.1, 0.15) is 0 Å². The van der Waals surface area contributed by atoms with Crippen molar-refractivity contribution in [3.63, 3.8) is 0 Å². The van der Waals surface area contributed by atoms with Crippen molar-refractivity contribution >= 4 is 11.8 Å². The minimum Gasteiger partial charge on any atom is -0.396 e. The van der Waals surface area contributed by atoms with Crippen molar-refractivity contribution in [2.75, 3.05) is 6.61 Å². The van der Waals surface area contributed by atoms with Crippen LogP contribution in [0, 0.1) is 13.8 Å². The second kappa shape index (κ2) is 5.26. The molecule has 0 saturated carbocycles. The molecule has 78 valence electrons. The third-order valence-electron chi connectivity index (χ3n) is 1.91. The number of aliphatic hydroxyl groups is 1. The molecule has 0 spiro atoms. The molecule has 14 heavy (non-hydrogen) atoms. The molecule has 4 nitrogen and oxygen atoms in total. The largest absolute Gasteiger partial charge is 0.396 e. The Morgan fingerprint density at radius 2 is 2.00 bits per heavy atom. The van der Waals surface area contributed by atoms with Crippen molar-refractivity contribution in [3.05, 3.63) is 11.4 Å². The van der Waals surface area contributed by atoms with Gasteiger partial charge in [0.25, 0.3) is 0 Å². The number of aliphatic hydroxyl groups excluding tert-OH is 1. The fraction of sp³-hybridized carbons (Fsp3) is 0.667. The van der Waals surface area contributed by atoms with E-state index in [2.05, 4.69) is 15.2 Å². The smallest absolute Gasteiger partial charge is 0.209 e. The number of thioether (sulfide) groups is 1. The summed E-state index contributed by atoms with van der Waals surface area (Å²) in [4.78, 5) is 4.30. The average Bonchev–Trinajstić information content (AvgIpc) is 2.12. The quantitative estimate of drug-likeness (QED) is 0.765. The van der Waals surface area contributed by atoms with Gasteiger partial charge < -0.3 is 5.11 Å². The van der Waals surface area contributed by atoms with Gasteiger partial charge in [-0.15, -0.1) is 5.10 Å². The number of hydrogen-bond donors (Lipinski definition) is 1. The fourth-order valence-corrected chi connectivity index (χ4v) is 1.77. The van der Waals surface area contributed by atoms with Gasteiger partial charge in [-0.05, 0) is 20.3 Å². The van der Waals surface area contributed by atoms with Gasteiger partial charge in [-0.1, -0.05) is 18.7 Å². The molecule has 0 aromatic carbocycles. The lowest BCUT2D eigenvalue weighted by Crippen LogP contribution is -2.03. The zero-order valence-corrected chi connectivity index (χ0v) is 9.51. The van der Waals surface area contributed by atoms with E-state index in [0.717, 1.165) is 17.8 Å². The summed E-state index contributed by atoms with van der Waals surface area (Å²) in [5, 5.41) is 17.7. The maximum atomic E-state index is 8.74. The highest BCUT2D eigenvalue weighted by Crippen LogP contribution is 2.20. The lowest BCUT2D eigenvalue weighted by Gasteiger charge is -2.07. The molecule has 0 bridgehead atoms. The van der Waals surface area contributed by atoms with Crippen LogP contribution in [0.5, 0.6) is 0 Å². The van der Waals surface area contributed by atoms with Gasteiger partial charge in [0.2, 0.25) is 5.16 Å². The Labute approximate surface area is 88.2 Å². The van der Waals surface area contributed by atoms with Crippen molar-refractivity contribution in [1.29, 1.82) is 0 Å². The maximum absolute atomic E-state index is 8.74. The van der Waals surface area contributed by atoms with Crippen LogP contribution in [0.25, 0.3) is 0 Å². The van der Waals surface area contributed by atoms with E-state index in [0.29, 0.717) is 10.4 Å². The highest BCUT2D eigenvalue weighted by molar-refractivity contribution is 7.99. The van der Waals surface area contributed by atoms with Gasteiger partial charge in [-0.25, -0.2) is 4.98 Å². The Bertz CT molecular complexity index is 306. The van der Waals surface area contributed by atoms with Crippen LogP contribution in [-0.2, 0) is 0 Å². The molecule has 0 aliphatic rings. The molecule has 1 atom stereocenters. The molecule has 0 radical (unpaired) electrons. The number of aromatic nitrogens is 3. The molecule has 0 aliphatic heterocycles. The van der Waals surface area contributed by atoms with Crippen LogP contribution in [0.4, 0.5) is 0 Å². The molecule has 1 heterocycles. The molecular formula is C9H15N3OS. The Morgan fingerprint density at radius 3 is 2.57 bits per heavy atom. The fourth-order valence-electron chi connectivity index (χ4n) is 0.907. The van der Waals surface area contributed by atoms with Gasteiger partial charge in [0, 0.05) is 11.9 Å². The van der Waals surface area contributed by atoms with Gasteiger partial charge in [0.15, 0.2) is 0 Å². The minimum atomic E-state index is 0.201. The van der Waals surface area contributed by atoms with Crippen LogP contribution in [0.2, 0.25) is 0 Å². The first-order chi connectivity index (χ1) is 6.63. The zero-order chi connectivity index (χ0) is 10.6. The second-order valence-corrected chi connectivity index (χ2v) is 4.61. The summed E-state index contributed by atoms with van der Waals surface area (Å²) < 4.78 is 0. The number of hydrogen-bond acceptors (Lipinski definition) is 5. The van der Waals surface area contributed by atoms with Crippen LogP contribution in [0.15, 0.2) is 5.16 Å². The van der Waals surface area contributed by atoms with E-state index in [1.54, 1.807) is 11.8 Å². The first kappa shape index (κ1) is 11.4. The zero-order valence-electron chi connectivity index (χ0n) is 8.69. The van der Waals surface area contributed by atoms with Gasteiger partial charge in [0.05, 0.1) is 11.4 Å². The van der Waals surface area contributed by atoms with E-state index in [4.69, 9.17) is 5.11 Å². The number of aryl methyl sites for hydroxylation is 2. The van der Waals surface area contributed by atoms with Crippen LogP contribution in [0.1, 0.15) is 24.7 Å². The van der Waals surface area contributed by atoms with E-state index < -0.39 is 0 Å². The van der Waals surface area contributed by atoms with E-state index >= 15 is 0 Å². The monoisotopic (exact) mass is 213 g/mol. The van der Waals surface area contributed by atoms with Crippen LogP contribution >= 0.6 is 11.8 Å². The summed E-state index contributed by atoms with van der Waals surface area (Å²) in [6.45, 7) is 6.05. The molecular weight excluding hydrogens is 198 g/mol. The molecule has 1 aromatic heterocycles. The van der Waals surface area contributed by atoms with Crippen molar-refractivity contribution in [2.24, 2.45) is 0 Å². The van der Waals surface area contributed by atoms with Gasteiger partial charge in [-0.3, -0.25) is 0 Å². The normalized spacial score (nSPS) is 12.9. The summed E-state index contributed by atoms with van der Waals surface area (Å²) in [6.07, 6.45) is 0.751. The molecule has 0 fully saturated rings. The molecule has 0 amide bonds. The van der Waals surface area contributed by atoms with Crippen LogP contribution in [-0.4, -0.2) is 32.1 Å². The van der Waals surface area contributed by atoms with Crippen LogP contribution < -0.4 is 0 Å². The lowest BCUT2D eigenvalue weighted by molar-refractivity contribution is 0.289. The Kier molecular flexibility index (Phi) is 4.28.